The van der Waals surface area contributed by atoms with E-state index in [1.54, 1.807) is 23.0 Å². The van der Waals surface area contributed by atoms with E-state index in [0.29, 0.717) is 11.4 Å². The Morgan fingerprint density at radius 2 is 1.96 bits per heavy atom. The molecular weight excluding hydrogens is 312 g/mol. The van der Waals surface area contributed by atoms with Crippen molar-refractivity contribution in [3.8, 4) is 5.82 Å². The van der Waals surface area contributed by atoms with Crippen LogP contribution in [0.15, 0.2) is 60.9 Å². The lowest BCUT2D eigenvalue weighted by Gasteiger charge is -2.14. The van der Waals surface area contributed by atoms with E-state index in [1.165, 1.54) is 5.56 Å². The highest BCUT2D eigenvalue weighted by Crippen LogP contribution is 2.08. The Balaban J connectivity index is 1.55. The van der Waals surface area contributed by atoms with Crippen LogP contribution in [-0.4, -0.2) is 26.7 Å². The summed E-state index contributed by atoms with van der Waals surface area (Å²) >= 11 is 0. The maximum Gasteiger partial charge on any atom is 0.253 e. The summed E-state index contributed by atoms with van der Waals surface area (Å²) in [4.78, 5) is 16.7. The molecule has 0 saturated carbocycles. The van der Waals surface area contributed by atoms with E-state index in [2.05, 4.69) is 27.5 Å². The van der Waals surface area contributed by atoms with E-state index < -0.39 is 0 Å². The summed E-state index contributed by atoms with van der Waals surface area (Å²) in [7, 11) is 0. The molecule has 0 aliphatic heterocycles. The Morgan fingerprint density at radius 1 is 1.16 bits per heavy atom. The zero-order valence-corrected chi connectivity index (χ0v) is 14.5. The van der Waals surface area contributed by atoms with Crippen molar-refractivity contribution in [1.82, 2.24) is 20.1 Å². The highest BCUT2D eigenvalue weighted by atomic mass is 16.1. The third-order valence-electron chi connectivity index (χ3n) is 4.05. The SMILES string of the molecule is Cc1ccn(-c2ccc(C(=O)N[C@@H](C)CCc3ccccc3)cn2)n1. The third kappa shape index (κ3) is 4.53. The van der Waals surface area contributed by atoms with Crippen LogP contribution in [0.2, 0.25) is 0 Å². The minimum Gasteiger partial charge on any atom is -0.350 e. The van der Waals surface area contributed by atoms with Crippen molar-refractivity contribution in [2.45, 2.75) is 32.7 Å². The van der Waals surface area contributed by atoms with Gasteiger partial charge in [0.05, 0.1) is 11.3 Å². The Labute approximate surface area is 147 Å². The fourth-order valence-electron chi connectivity index (χ4n) is 2.61. The second-order valence-corrected chi connectivity index (χ2v) is 6.21. The standard InChI is InChI=1S/C20H22N4O/c1-15(8-9-17-6-4-3-5-7-17)22-20(25)18-10-11-19(21-14-18)24-13-12-16(2)23-24/h3-7,10-15H,8-9H2,1-2H3,(H,22,25)/t15-/m0/s1. The van der Waals surface area contributed by atoms with Gasteiger partial charge in [-0.05, 0) is 50.5 Å². The monoisotopic (exact) mass is 334 g/mol. The maximum absolute atomic E-state index is 12.3. The Morgan fingerprint density at radius 3 is 2.60 bits per heavy atom. The first kappa shape index (κ1) is 16.9. The lowest BCUT2D eigenvalue weighted by Crippen LogP contribution is -2.33. The van der Waals surface area contributed by atoms with E-state index >= 15 is 0 Å². The van der Waals surface area contributed by atoms with Crippen LogP contribution in [0, 0.1) is 6.92 Å². The predicted octanol–water partition coefficient (Wildman–Crippen LogP) is 3.33. The van der Waals surface area contributed by atoms with Crippen LogP contribution < -0.4 is 5.32 Å². The molecule has 1 N–H and O–H groups in total. The molecule has 0 unspecified atom stereocenters. The molecule has 0 radical (unpaired) electrons. The number of amides is 1. The van der Waals surface area contributed by atoms with Gasteiger partial charge in [0.15, 0.2) is 5.82 Å². The minimum absolute atomic E-state index is 0.0983. The van der Waals surface area contributed by atoms with E-state index in [1.807, 2.05) is 44.3 Å². The topological polar surface area (TPSA) is 59.8 Å². The van der Waals surface area contributed by atoms with Gasteiger partial charge in [-0.25, -0.2) is 9.67 Å². The van der Waals surface area contributed by atoms with Crippen LogP contribution in [-0.2, 0) is 6.42 Å². The zero-order chi connectivity index (χ0) is 17.6. The molecule has 5 heteroatoms. The second-order valence-electron chi connectivity index (χ2n) is 6.21. The van der Waals surface area contributed by atoms with Gasteiger partial charge >= 0.3 is 0 Å². The molecular formula is C20H22N4O. The molecule has 1 amide bonds. The van der Waals surface area contributed by atoms with Crippen molar-refractivity contribution in [3.63, 3.8) is 0 Å². The molecule has 0 fully saturated rings. The van der Waals surface area contributed by atoms with E-state index in [9.17, 15) is 4.79 Å². The van der Waals surface area contributed by atoms with Crippen LogP contribution in [0.5, 0.6) is 0 Å². The summed E-state index contributed by atoms with van der Waals surface area (Å²) in [6.07, 6.45) is 5.28. The molecule has 3 aromatic rings. The average Bonchev–Trinajstić information content (AvgIpc) is 3.07. The third-order valence-corrected chi connectivity index (χ3v) is 4.05. The van der Waals surface area contributed by atoms with Crippen molar-refractivity contribution < 1.29 is 4.79 Å². The first-order valence-corrected chi connectivity index (χ1v) is 8.45. The largest absolute Gasteiger partial charge is 0.350 e. The molecule has 25 heavy (non-hydrogen) atoms. The Hall–Kier alpha value is -2.95. The molecule has 2 heterocycles. The lowest BCUT2D eigenvalue weighted by molar-refractivity contribution is 0.0938. The summed E-state index contributed by atoms with van der Waals surface area (Å²) in [5.41, 5.74) is 2.76. The molecule has 5 nitrogen and oxygen atoms in total. The van der Waals surface area contributed by atoms with Crippen molar-refractivity contribution >= 4 is 5.91 Å². The quantitative estimate of drug-likeness (QED) is 0.752. The summed E-state index contributed by atoms with van der Waals surface area (Å²) < 4.78 is 1.69. The van der Waals surface area contributed by atoms with Crippen LogP contribution in [0.1, 0.15) is 35.0 Å². The smallest absolute Gasteiger partial charge is 0.253 e. The number of carbonyl (C=O) groups is 1. The van der Waals surface area contributed by atoms with Gasteiger partial charge in [0.2, 0.25) is 0 Å². The highest BCUT2D eigenvalue weighted by Gasteiger charge is 2.11. The van der Waals surface area contributed by atoms with E-state index in [4.69, 9.17) is 0 Å². The molecule has 2 aromatic heterocycles. The van der Waals surface area contributed by atoms with Crippen molar-refractivity contribution in [1.29, 1.82) is 0 Å². The summed E-state index contributed by atoms with van der Waals surface area (Å²) in [6.45, 7) is 3.95. The van der Waals surface area contributed by atoms with Crippen LogP contribution in [0.25, 0.3) is 5.82 Å². The molecule has 1 aromatic carbocycles. The number of benzene rings is 1. The Bertz CT molecular complexity index is 824. The fourth-order valence-corrected chi connectivity index (χ4v) is 2.61. The molecule has 128 valence electrons. The zero-order valence-electron chi connectivity index (χ0n) is 14.5. The number of nitrogens with zero attached hydrogens (tertiary/aromatic N) is 3. The van der Waals surface area contributed by atoms with Gasteiger partial charge < -0.3 is 5.32 Å². The van der Waals surface area contributed by atoms with Crippen molar-refractivity contribution in [2.75, 3.05) is 0 Å². The van der Waals surface area contributed by atoms with Gasteiger partial charge in [-0.1, -0.05) is 30.3 Å². The number of rotatable bonds is 6. The molecule has 0 bridgehead atoms. The average molecular weight is 334 g/mol. The van der Waals surface area contributed by atoms with Crippen LogP contribution in [0.3, 0.4) is 0 Å². The summed E-state index contributed by atoms with van der Waals surface area (Å²) in [5.74, 6) is 0.595. The van der Waals surface area contributed by atoms with E-state index in [0.717, 1.165) is 18.5 Å². The highest BCUT2D eigenvalue weighted by molar-refractivity contribution is 5.94. The number of hydrogen-bond donors (Lipinski definition) is 1. The number of aryl methyl sites for hydroxylation is 2. The number of pyridine rings is 1. The molecule has 0 spiro atoms. The number of hydrogen-bond acceptors (Lipinski definition) is 3. The van der Waals surface area contributed by atoms with Gasteiger partial charge in [0, 0.05) is 18.4 Å². The second kappa shape index (κ2) is 7.75. The number of nitrogens with one attached hydrogen (secondary N) is 1. The van der Waals surface area contributed by atoms with Gasteiger partial charge in [0.1, 0.15) is 0 Å². The first-order valence-electron chi connectivity index (χ1n) is 8.45. The normalized spacial score (nSPS) is 11.9. The number of aromatic nitrogens is 3. The number of carbonyl (C=O) groups excluding carboxylic acids is 1. The van der Waals surface area contributed by atoms with Gasteiger partial charge in [-0.15, -0.1) is 0 Å². The Kier molecular flexibility index (Phi) is 5.23. The molecule has 0 saturated heterocycles. The first-order chi connectivity index (χ1) is 12.1. The summed E-state index contributed by atoms with van der Waals surface area (Å²) in [6, 6.07) is 15.9. The van der Waals surface area contributed by atoms with Gasteiger partial charge in [-0.2, -0.15) is 5.10 Å². The van der Waals surface area contributed by atoms with Gasteiger partial charge in [-0.3, -0.25) is 4.79 Å². The van der Waals surface area contributed by atoms with Crippen LogP contribution >= 0.6 is 0 Å². The fraction of sp³-hybridized carbons (Fsp3) is 0.250. The van der Waals surface area contributed by atoms with E-state index in [-0.39, 0.29) is 11.9 Å². The molecule has 0 aliphatic rings. The van der Waals surface area contributed by atoms with Crippen molar-refractivity contribution in [3.05, 3.63) is 77.7 Å². The molecule has 1 atom stereocenters. The molecule has 3 rings (SSSR count). The lowest BCUT2D eigenvalue weighted by atomic mass is 10.1. The van der Waals surface area contributed by atoms with Crippen molar-refractivity contribution in [2.24, 2.45) is 0 Å². The minimum atomic E-state index is -0.101. The predicted molar refractivity (Wildman–Crippen MR) is 97.8 cm³/mol. The van der Waals surface area contributed by atoms with Crippen LogP contribution in [0.4, 0.5) is 0 Å². The van der Waals surface area contributed by atoms with Gasteiger partial charge in [0.25, 0.3) is 5.91 Å². The summed E-state index contributed by atoms with van der Waals surface area (Å²) in [5, 5.41) is 7.34. The maximum atomic E-state index is 12.3. The molecule has 0 aliphatic carbocycles.